The van der Waals surface area contributed by atoms with Gasteiger partial charge in [-0.25, -0.2) is 0 Å². The molecule has 1 aliphatic heterocycles. The molecule has 0 fully saturated rings. The third kappa shape index (κ3) is 1.79. The molecule has 1 aliphatic rings. The summed E-state index contributed by atoms with van der Waals surface area (Å²) in [7, 11) is 0. The van der Waals surface area contributed by atoms with Gasteiger partial charge in [0.15, 0.2) is 0 Å². The van der Waals surface area contributed by atoms with Crippen molar-refractivity contribution in [3.63, 3.8) is 0 Å². The Morgan fingerprint density at radius 3 is 3.07 bits per heavy atom. The van der Waals surface area contributed by atoms with E-state index in [1.165, 1.54) is 0 Å². The first kappa shape index (κ1) is 9.99. The Kier molecular flexibility index (Phi) is 2.79. The van der Waals surface area contributed by atoms with Crippen LogP contribution >= 0.6 is 15.9 Å². The van der Waals surface area contributed by atoms with Crippen molar-refractivity contribution in [2.24, 2.45) is 0 Å². The van der Waals surface area contributed by atoms with Crippen LogP contribution in [0.5, 0.6) is 5.75 Å². The van der Waals surface area contributed by atoms with E-state index < -0.39 is 0 Å². The number of hydrogen-bond acceptors (Lipinski definition) is 2. The van der Waals surface area contributed by atoms with E-state index in [2.05, 4.69) is 22.9 Å². The lowest BCUT2D eigenvalue weighted by Gasteiger charge is -2.29. The SMILES string of the molecule is CCC1C[C@H](O)c2cc(Br)ccc2O1. The number of hydrogen-bond donors (Lipinski definition) is 1. The quantitative estimate of drug-likeness (QED) is 0.837. The van der Waals surface area contributed by atoms with Crippen LogP contribution in [0.2, 0.25) is 0 Å². The van der Waals surface area contributed by atoms with Gasteiger partial charge in [0.2, 0.25) is 0 Å². The molecule has 0 saturated carbocycles. The van der Waals surface area contributed by atoms with Crippen molar-refractivity contribution >= 4 is 15.9 Å². The highest BCUT2D eigenvalue weighted by Gasteiger charge is 2.25. The smallest absolute Gasteiger partial charge is 0.125 e. The molecule has 0 radical (unpaired) electrons. The van der Waals surface area contributed by atoms with Crippen LogP contribution in [0.15, 0.2) is 22.7 Å². The molecule has 0 bridgehead atoms. The maximum absolute atomic E-state index is 9.89. The molecule has 0 spiro atoms. The van der Waals surface area contributed by atoms with Gasteiger partial charge in [-0.3, -0.25) is 0 Å². The summed E-state index contributed by atoms with van der Waals surface area (Å²) in [4.78, 5) is 0. The fraction of sp³-hybridized carbons (Fsp3) is 0.455. The van der Waals surface area contributed by atoms with E-state index >= 15 is 0 Å². The van der Waals surface area contributed by atoms with Gasteiger partial charge in [0.25, 0.3) is 0 Å². The zero-order valence-corrected chi connectivity index (χ0v) is 9.62. The minimum absolute atomic E-state index is 0.152. The molecule has 1 aromatic carbocycles. The van der Waals surface area contributed by atoms with E-state index in [9.17, 15) is 5.11 Å². The predicted molar refractivity (Wildman–Crippen MR) is 58.4 cm³/mol. The fourth-order valence-electron chi connectivity index (χ4n) is 1.74. The van der Waals surface area contributed by atoms with Crippen molar-refractivity contribution in [2.75, 3.05) is 0 Å². The number of halogens is 1. The van der Waals surface area contributed by atoms with Crippen molar-refractivity contribution in [1.29, 1.82) is 0 Å². The highest BCUT2D eigenvalue weighted by atomic mass is 79.9. The Hall–Kier alpha value is -0.540. The lowest BCUT2D eigenvalue weighted by molar-refractivity contribution is 0.0642. The van der Waals surface area contributed by atoms with Crippen molar-refractivity contribution < 1.29 is 9.84 Å². The maximum atomic E-state index is 9.89. The molecule has 1 N–H and O–H groups in total. The van der Waals surface area contributed by atoms with E-state index in [4.69, 9.17) is 4.74 Å². The number of rotatable bonds is 1. The van der Waals surface area contributed by atoms with Gasteiger partial charge in [-0.05, 0) is 24.6 Å². The molecular formula is C11H13BrO2. The summed E-state index contributed by atoms with van der Waals surface area (Å²) < 4.78 is 6.71. The predicted octanol–water partition coefficient (Wildman–Crippen LogP) is 3.04. The molecular weight excluding hydrogens is 244 g/mol. The third-order valence-electron chi connectivity index (χ3n) is 2.57. The van der Waals surface area contributed by atoms with Crippen LogP contribution in [0.3, 0.4) is 0 Å². The molecule has 0 aliphatic carbocycles. The third-order valence-corrected chi connectivity index (χ3v) is 3.06. The van der Waals surface area contributed by atoms with Crippen LogP contribution in [-0.2, 0) is 0 Å². The fourth-order valence-corrected chi connectivity index (χ4v) is 2.12. The van der Waals surface area contributed by atoms with E-state index in [1.807, 2.05) is 18.2 Å². The second kappa shape index (κ2) is 3.91. The molecule has 14 heavy (non-hydrogen) atoms. The van der Waals surface area contributed by atoms with Crippen molar-refractivity contribution in [3.05, 3.63) is 28.2 Å². The minimum Gasteiger partial charge on any atom is -0.490 e. The normalized spacial score (nSPS) is 25.4. The first-order valence-corrected chi connectivity index (χ1v) is 5.64. The molecule has 1 unspecified atom stereocenters. The van der Waals surface area contributed by atoms with Gasteiger partial charge in [-0.1, -0.05) is 22.9 Å². The molecule has 2 rings (SSSR count). The maximum Gasteiger partial charge on any atom is 0.125 e. The molecule has 1 heterocycles. The van der Waals surface area contributed by atoms with E-state index in [0.717, 1.165) is 22.2 Å². The highest BCUT2D eigenvalue weighted by Crippen LogP contribution is 2.36. The Bertz CT molecular complexity index is 338. The number of aliphatic hydroxyl groups excluding tert-OH is 1. The van der Waals surface area contributed by atoms with Gasteiger partial charge in [-0.2, -0.15) is 0 Å². The van der Waals surface area contributed by atoms with Crippen LogP contribution < -0.4 is 4.74 Å². The van der Waals surface area contributed by atoms with Gasteiger partial charge >= 0.3 is 0 Å². The second-order valence-electron chi connectivity index (χ2n) is 3.58. The van der Waals surface area contributed by atoms with Gasteiger partial charge in [0, 0.05) is 16.5 Å². The molecule has 3 heteroatoms. The summed E-state index contributed by atoms with van der Waals surface area (Å²) in [6, 6.07) is 5.76. The summed E-state index contributed by atoms with van der Waals surface area (Å²) >= 11 is 3.38. The van der Waals surface area contributed by atoms with Crippen molar-refractivity contribution in [2.45, 2.75) is 32.0 Å². The first-order valence-electron chi connectivity index (χ1n) is 4.85. The van der Waals surface area contributed by atoms with E-state index in [-0.39, 0.29) is 12.2 Å². The number of fused-ring (bicyclic) bond motifs is 1. The zero-order chi connectivity index (χ0) is 10.1. The van der Waals surface area contributed by atoms with Gasteiger partial charge in [-0.15, -0.1) is 0 Å². The first-order chi connectivity index (χ1) is 6.70. The van der Waals surface area contributed by atoms with Crippen LogP contribution in [0, 0.1) is 0 Å². The van der Waals surface area contributed by atoms with E-state index in [1.54, 1.807) is 0 Å². The summed E-state index contributed by atoms with van der Waals surface area (Å²) in [6.07, 6.45) is 1.40. The Morgan fingerprint density at radius 2 is 2.36 bits per heavy atom. The van der Waals surface area contributed by atoms with Gasteiger partial charge in [0.1, 0.15) is 11.9 Å². The largest absolute Gasteiger partial charge is 0.490 e. The Balaban J connectivity index is 2.35. The molecule has 2 atom stereocenters. The van der Waals surface area contributed by atoms with Crippen molar-refractivity contribution in [3.8, 4) is 5.75 Å². The van der Waals surface area contributed by atoms with Crippen molar-refractivity contribution in [1.82, 2.24) is 0 Å². The zero-order valence-electron chi connectivity index (χ0n) is 8.03. The second-order valence-corrected chi connectivity index (χ2v) is 4.50. The summed E-state index contributed by atoms with van der Waals surface area (Å²) in [6.45, 7) is 2.07. The molecule has 0 amide bonds. The van der Waals surface area contributed by atoms with E-state index in [0.29, 0.717) is 6.42 Å². The van der Waals surface area contributed by atoms with Gasteiger partial charge in [0.05, 0.1) is 6.10 Å². The Labute approximate surface area is 92.0 Å². The molecule has 76 valence electrons. The lowest BCUT2D eigenvalue weighted by atomic mass is 9.98. The van der Waals surface area contributed by atoms with Crippen LogP contribution in [-0.4, -0.2) is 11.2 Å². The number of ether oxygens (including phenoxy) is 1. The number of benzene rings is 1. The average Bonchev–Trinajstić information content (AvgIpc) is 2.19. The highest BCUT2D eigenvalue weighted by molar-refractivity contribution is 9.10. The van der Waals surface area contributed by atoms with Crippen LogP contribution in [0.25, 0.3) is 0 Å². The summed E-state index contributed by atoms with van der Waals surface area (Å²) in [5.74, 6) is 0.818. The van der Waals surface area contributed by atoms with Crippen LogP contribution in [0.4, 0.5) is 0 Å². The molecule has 1 aromatic rings. The standard InChI is InChI=1S/C11H13BrO2/c1-2-8-6-10(13)9-5-7(12)3-4-11(9)14-8/h3-5,8,10,13H,2,6H2,1H3/t8?,10-/m0/s1. The molecule has 0 aromatic heterocycles. The lowest BCUT2D eigenvalue weighted by Crippen LogP contribution is -2.24. The summed E-state index contributed by atoms with van der Waals surface area (Å²) in [5, 5.41) is 9.89. The minimum atomic E-state index is -0.388. The van der Waals surface area contributed by atoms with Crippen LogP contribution in [0.1, 0.15) is 31.4 Å². The molecule has 2 nitrogen and oxygen atoms in total. The topological polar surface area (TPSA) is 29.5 Å². The average molecular weight is 257 g/mol. The summed E-state index contributed by atoms with van der Waals surface area (Å²) in [5.41, 5.74) is 0.893. The monoisotopic (exact) mass is 256 g/mol. The van der Waals surface area contributed by atoms with Gasteiger partial charge < -0.3 is 9.84 Å². The number of aliphatic hydroxyl groups is 1. The molecule has 0 saturated heterocycles. The Morgan fingerprint density at radius 1 is 1.57 bits per heavy atom.